The first kappa shape index (κ1) is 13.8. The molecule has 0 atom stereocenters. The van der Waals surface area contributed by atoms with Gasteiger partial charge in [-0.05, 0) is 42.4 Å². The van der Waals surface area contributed by atoms with Crippen LogP contribution in [0.2, 0.25) is 0 Å². The van der Waals surface area contributed by atoms with Crippen LogP contribution < -0.4 is 0 Å². The predicted octanol–water partition coefficient (Wildman–Crippen LogP) is 3.61. The van der Waals surface area contributed by atoms with Crippen LogP contribution in [0.4, 0.5) is 0 Å². The van der Waals surface area contributed by atoms with Crippen molar-refractivity contribution in [3.8, 4) is 0 Å². The summed E-state index contributed by atoms with van der Waals surface area (Å²) in [4.78, 5) is 11.0. The van der Waals surface area contributed by atoms with E-state index in [0.29, 0.717) is 12.3 Å². The molecule has 0 bridgehead atoms. The molecule has 0 heterocycles. The van der Waals surface area contributed by atoms with Gasteiger partial charge in [-0.1, -0.05) is 32.0 Å². The highest BCUT2D eigenvalue weighted by atomic mass is 16.5. The molecule has 0 amide bonds. The first-order valence-electron chi connectivity index (χ1n) is 6.21. The van der Waals surface area contributed by atoms with Crippen LogP contribution in [-0.2, 0) is 16.0 Å². The number of ether oxygens (including phenoxy) is 1. The molecule has 0 aromatic heterocycles. The molecular weight excluding hydrogens is 212 g/mol. The molecule has 0 aliphatic rings. The minimum absolute atomic E-state index is 0.123. The topological polar surface area (TPSA) is 26.3 Å². The second-order valence-electron chi connectivity index (χ2n) is 4.77. The molecule has 0 fully saturated rings. The smallest absolute Gasteiger partial charge is 0.305 e. The van der Waals surface area contributed by atoms with Gasteiger partial charge in [0.15, 0.2) is 0 Å². The molecule has 0 saturated carbocycles. The number of aryl methyl sites for hydroxylation is 2. The quantitative estimate of drug-likeness (QED) is 0.727. The van der Waals surface area contributed by atoms with E-state index >= 15 is 0 Å². The standard InChI is InChI=1S/C15H22O2/c1-11(2)13-9-8-12(3)14(10-13)6-5-7-15(16)17-4/h8-11H,5-7H2,1-4H3. The SMILES string of the molecule is COC(=O)CCCc1cc(C(C)C)ccc1C. The highest BCUT2D eigenvalue weighted by molar-refractivity contribution is 5.69. The van der Waals surface area contributed by atoms with Gasteiger partial charge >= 0.3 is 5.97 Å². The molecule has 2 nitrogen and oxygen atoms in total. The van der Waals surface area contributed by atoms with Crippen LogP contribution in [0, 0.1) is 6.92 Å². The molecule has 1 aromatic carbocycles. The maximum absolute atomic E-state index is 11.0. The summed E-state index contributed by atoms with van der Waals surface area (Å²) in [6.07, 6.45) is 2.30. The Hall–Kier alpha value is -1.31. The molecule has 0 aliphatic carbocycles. The van der Waals surface area contributed by atoms with E-state index in [0.717, 1.165) is 12.8 Å². The highest BCUT2D eigenvalue weighted by Crippen LogP contribution is 2.20. The van der Waals surface area contributed by atoms with E-state index in [4.69, 9.17) is 0 Å². The van der Waals surface area contributed by atoms with Crippen molar-refractivity contribution in [3.05, 3.63) is 34.9 Å². The third kappa shape index (κ3) is 4.22. The Labute approximate surface area is 104 Å². The zero-order valence-electron chi connectivity index (χ0n) is 11.2. The van der Waals surface area contributed by atoms with Gasteiger partial charge in [0.1, 0.15) is 0 Å². The fraction of sp³-hybridized carbons (Fsp3) is 0.533. The number of carbonyl (C=O) groups excluding carboxylic acids is 1. The first-order valence-corrected chi connectivity index (χ1v) is 6.21. The van der Waals surface area contributed by atoms with Crippen molar-refractivity contribution in [2.24, 2.45) is 0 Å². The van der Waals surface area contributed by atoms with Gasteiger partial charge in [-0.3, -0.25) is 4.79 Å². The van der Waals surface area contributed by atoms with Crippen molar-refractivity contribution < 1.29 is 9.53 Å². The van der Waals surface area contributed by atoms with E-state index in [2.05, 4.69) is 43.7 Å². The van der Waals surface area contributed by atoms with Crippen LogP contribution >= 0.6 is 0 Å². The summed E-state index contributed by atoms with van der Waals surface area (Å²) in [5, 5.41) is 0. The van der Waals surface area contributed by atoms with Crippen LogP contribution in [0.3, 0.4) is 0 Å². The van der Waals surface area contributed by atoms with E-state index in [1.165, 1.54) is 23.8 Å². The van der Waals surface area contributed by atoms with E-state index in [1.807, 2.05) is 0 Å². The molecule has 0 unspecified atom stereocenters. The van der Waals surface area contributed by atoms with Gasteiger partial charge in [-0.15, -0.1) is 0 Å². The molecule has 2 heteroatoms. The second kappa shape index (κ2) is 6.43. The zero-order valence-corrected chi connectivity index (χ0v) is 11.2. The molecule has 1 rings (SSSR count). The fourth-order valence-corrected chi connectivity index (χ4v) is 1.85. The van der Waals surface area contributed by atoms with Gasteiger partial charge in [-0.2, -0.15) is 0 Å². The van der Waals surface area contributed by atoms with Gasteiger partial charge < -0.3 is 4.74 Å². The van der Waals surface area contributed by atoms with Crippen molar-refractivity contribution in [2.45, 2.75) is 46.0 Å². The Kier molecular flexibility index (Phi) is 5.20. The number of hydrogen-bond donors (Lipinski definition) is 0. The van der Waals surface area contributed by atoms with E-state index in [9.17, 15) is 4.79 Å². The van der Waals surface area contributed by atoms with Crippen molar-refractivity contribution >= 4 is 5.97 Å². The Bertz CT molecular complexity index is 381. The van der Waals surface area contributed by atoms with Crippen molar-refractivity contribution in [1.29, 1.82) is 0 Å². The number of benzene rings is 1. The maximum atomic E-state index is 11.0. The fourth-order valence-electron chi connectivity index (χ4n) is 1.85. The van der Waals surface area contributed by atoms with Gasteiger partial charge in [0.25, 0.3) is 0 Å². The maximum Gasteiger partial charge on any atom is 0.305 e. The number of carbonyl (C=O) groups is 1. The summed E-state index contributed by atoms with van der Waals surface area (Å²) in [5.41, 5.74) is 4.02. The Morgan fingerprint density at radius 2 is 2.06 bits per heavy atom. The summed E-state index contributed by atoms with van der Waals surface area (Å²) in [6, 6.07) is 6.61. The molecule has 17 heavy (non-hydrogen) atoms. The second-order valence-corrected chi connectivity index (χ2v) is 4.77. The van der Waals surface area contributed by atoms with E-state index < -0.39 is 0 Å². The lowest BCUT2D eigenvalue weighted by Gasteiger charge is -2.11. The Morgan fingerprint density at radius 1 is 1.35 bits per heavy atom. The molecule has 0 radical (unpaired) electrons. The molecule has 0 saturated heterocycles. The average Bonchev–Trinajstić information content (AvgIpc) is 2.30. The van der Waals surface area contributed by atoms with Gasteiger partial charge in [-0.25, -0.2) is 0 Å². The number of esters is 1. The Balaban J connectivity index is 2.63. The van der Waals surface area contributed by atoms with Gasteiger partial charge in [0.2, 0.25) is 0 Å². The van der Waals surface area contributed by atoms with Crippen LogP contribution in [0.15, 0.2) is 18.2 Å². The summed E-state index contributed by atoms with van der Waals surface area (Å²) in [6.45, 7) is 6.52. The van der Waals surface area contributed by atoms with E-state index in [1.54, 1.807) is 0 Å². The number of methoxy groups -OCH3 is 1. The van der Waals surface area contributed by atoms with Crippen LogP contribution in [-0.4, -0.2) is 13.1 Å². The molecule has 0 aliphatic heterocycles. The predicted molar refractivity (Wildman–Crippen MR) is 70.2 cm³/mol. The molecule has 94 valence electrons. The minimum Gasteiger partial charge on any atom is -0.469 e. The summed E-state index contributed by atoms with van der Waals surface area (Å²) >= 11 is 0. The van der Waals surface area contributed by atoms with Crippen LogP contribution in [0.1, 0.15) is 49.3 Å². The summed E-state index contributed by atoms with van der Waals surface area (Å²) in [5.74, 6) is 0.428. The molecule has 0 spiro atoms. The van der Waals surface area contributed by atoms with E-state index in [-0.39, 0.29) is 5.97 Å². The monoisotopic (exact) mass is 234 g/mol. The normalized spacial score (nSPS) is 10.6. The zero-order chi connectivity index (χ0) is 12.8. The first-order chi connectivity index (χ1) is 8.04. The number of rotatable bonds is 5. The third-order valence-electron chi connectivity index (χ3n) is 3.09. The lowest BCUT2D eigenvalue weighted by atomic mass is 9.95. The minimum atomic E-state index is -0.123. The summed E-state index contributed by atoms with van der Waals surface area (Å²) < 4.78 is 4.64. The third-order valence-corrected chi connectivity index (χ3v) is 3.09. The molecule has 1 aromatic rings. The number of hydrogen-bond acceptors (Lipinski definition) is 2. The summed E-state index contributed by atoms with van der Waals surface area (Å²) in [7, 11) is 1.44. The van der Waals surface area contributed by atoms with Crippen LogP contribution in [0.25, 0.3) is 0 Å². The van der Waals surface area contributed by atoms with Crippen molar-refractivity contribution in [3.63, 3.8) is 0 Å². The van der Waals surface area contributed by atoms with Crippen molar-refractivity contribution in [2.75, 3.05) is 7.11 Å². The average molecular weight is 234 g/mol. The van der Waals surface area contributed by atoms with Gasteiger partial charge in [0.05, 0.1) is 7.11 Å². The lowest BCUT2D eigenvalue weighted by Crippen LogP contribution is -2.01. The Morgan fingerprint density at radius 3 is 2.65 bits per heavy atom. The molecule has 0 N–H and O–H groups in total. The molecular formula is C15H22O2. The van der Waals surface area contributed by atoms with Gasteiger partial charge in [0, 0.05) is 6.42 Å². The largest absolute Gasteiger partial charge is 0.469 e. The van der Waals surface area contributed by atoms with Crippen LogP contribution in [0.5, 0.6) is 0 Å². The highest BCUT2D eigenvalue weighted by Gasteiger charge is 2.05. The lowest BCUT2D eigenvalue weighted by molar-refractivity contribution is -0.140. The van der Waals surface area contributed by atoms with Crippen molar-refractivity contribution in [1.82, 2.24) is 0 Å².